The molecule has 31 heavy (non-hydrogen) atoms. The van der Waals surface area contributed by atoms with E-state index < -0.39 is 5.97 Å². The second-order valence-corrected chi connectivity index (χ2v) is 6.61. The van der Waals surface area contributed by atoms with Gasteiger partial charge < -0.3 is 14.5 Å². The Labute approximate surface area is 177 Å². The predicted octanol–water partition coefficient (Wildman–Crippen LogP) is 5.19. The Balaban J connectivity index is 1.61. The average Bonchev–Trinajstić information content (AvgIpc) is 3.29. The molecule has 4 aromatic rings. The van der Waals surface area contributed by atoms with E-state index in [1.807, 2.05) is 0 Å². The van der Waals surface area contributed by atoms with Gasteiger partial charge in [0.25, 0.3) is 5.91 Å². The van der Waals surface area contributed by atoms with E-state index in [4.69, 9.17) is 9.15 Å². The Morgan fingerprint density at radius 2 is 1.77 bits per heavy atom. The number of amides is 1. The zero-order chi connectivity index (χ0) is 21.8. The van der Waals surface area contributed by atoms with Gasteiger partial charge in [-0.25, -0.2) is 14.2 Å². The third-order valence-corrected chi connectivity index (χ3v) is 4.58. The lowest BCUT2D eigenvalue weighted by Crippen LogP contribution is -2.13. The Hall–Kier alpha value is -4.26. The fourth-order valence-electron chi connectivity index (χ4n) is 3.05. The fourth-order valence-corrected chi connectivity index (χ4v) is 3.05. The van der Waals surface area contributed by atoms with Crippen LogP contribution >= 0.6 is 0 Å². The first kappa shape index (κ1) is 20.0. The molecule has 7 heteroatoms. The Bertz CT molecular complexity index is 1250. The molecule has 1 aromatic heterocycles. The van der Waals surface area contributed by atoms with E-state index in [2.05, 4.69) is 10.3 Å². The van der Waals surface area contributed by atoms with Crippen molar-refractivity contribution in [2.75, 3.05) is 12.4 Å². The molecule has 0 aliphatic carbocycles. The maximum absolute atomic E-state index is 13.2. The van der Waals surface area contributed by atoms with Crippen LogP contribution in [0.3, 0.4) is 0 Å². The van der Waals surface area contributed by atoms with Crippen LogP contribution in [0.1, 0.15) is 20.7 Å². The van der Waals surface area contributed by atoms with Crippen molar-refractivity contribution in [2.45, 2.75) is 0 Å². The normalized spacial score (nSPS) is 10.5. The number of nitrogens with one attached hydrogen (secondary N) is 1. The molecule has 0 saturated carbocycles. The molecule has 0 radical (unpaired) electrons. The average molecular weight is 416 g/mol. The van der Waals surface area contributed by atoms with Crippen molar-refractivity contribution in [1.29, 1.82) is 0 Å². The highest BCUT2D eigenvalue weighted by Crippen LogP contribution is 2.29. The van der Waals surface area contributed by atoms with Crippen molar-refractivity contribution in [3.05, 3.63) is 95.9 Å². The van der Waals surface area contributed by atoms with Crippen LogP contribution in [0.4, 0.5) is 10.1 Å². The highest BCUT2D eigenvalue weighted by Gasteiger charge is 2.17. The molecule has 6 nitrogen and oxygen atoms in total. The topological polar surface area (TPSA) is 81.4 Å². The Morgan fingerprint density at radius 3 is 2.55 bits per heavy atom. The number of hydrogen-bond acceptors (Lipinski definition) is 5. The Morgan fingerprint density at radius 1 is 1.00 bits per heavy atom. The van der Waals surface area contributed by atoms with Crippen LogP contribution in [0, 0.1) is 5.82 Å². The minimum absolute atomic E-state index is 0.258. The second kappa shape index (κ2) is 8.62. The van der Waals surface area contributed by atoms with Crippen molar-refractivity contribution >= 4 is 17.6 Å². The standard InChI is InChI=1S/C24H17FN2O4/c1-30-24(29)16-5-4-6-18(13-16)27-22(28)19-7-2-3-8-20(19)23-26-14-21(31-23)15-9-11-17(25)12-10-15/h2-14H,1H3,(H,27,28). The quantitative estimate of drug-likeness (QED) is 0.453. The van der Waals surface area contributed by atoms with Crippen molar-refractivity contribution < 1.29 is 23.1 Å². The first-order chi connectivity index (χ1) is 15.0. The minimum atomic E-state index is -0.496. The molecule has 0 bridgehead atoms. The molecule has 1 N–H and O–H groups in total. The summed E-state index contributed by atoms with van der Waals surface area (Å²) in [4.78, 5) is 28.9. The number of benzene rings is 3. The van der Waals surface area contributed by atoms with Gasteiger partial charge in [0.1, 0.15) is 5.82 Å². The van der Waals surface area contributed by atoms with Crippen LogP contribution in [0.15, 0.2) is 83.4 Å². The minimum Gasteiger partial charge on any atom is -0.465 e. The number of hydrogen-bond donors (Lipinski definition) is 1. The zero-order valence-electron chi connectivity index (χ0n) is 16.5. The number of carbonyl (C=O) groups is 2. The van der Waals surface area contributed by atoms with Gasteiger partial charge in [-0.1, -0.05) is 18.2 Å². The molecule has 0 fully saturated rings. The third kappa shape index (κ3) is 4.35. The summed E-state index contributed by atoms with van der Waals surface area (Å²) in [5.41, 5.74) is 2.28. The SMILES string of the molecule is COC(=O)c1cccc(NC(=O)c2ccccc2-c2ncc(-c3ccc(F)cc3)o2)c1. The van der Waals surface area contributed by atoms with Crippen LogP contribution in [0.2, 0.25) is 0 Å². The van der Waals surface area contributed by atoms with Crippen molar-refractivity contribution in [3.63, 3.8) is 0 Å². The molecule has 0 aliphatic rings. The van der Waals surface area contributed by atoms with Crippen LogP contribution in [-0.4, -0.2) is 24.0 Å². The van der Waals surface area contributed by atoms with Gasteiger partial charge in [0.2, 0.25) is 5.89 Å². The van der Waals surface area contributed by atoms with Gasteiger partial charge >= 0.3 is 5.97 Å². The summed E-state index contributed by atoms with van der Waals surface area (Å²) in [5.74, 6) is -0.519. The van der Waals surface area contributed by atoms with E-state index in [0.717, 1.165) is 0 Å². The van der Waals surface area contributed by atoms with Crippen LogP contribution in [-0.2, 0) is 4.74 Å². The van der Waals surface area contributed by atoms with E-state index in [1.54, 1.807) is 54.6 Å². The molecule has 1 amide bonds. The summed E-state index contributed by atoms with van der Waals surface area (Å²) < 4.78 is 23.7. The summed E-state index contributed by atoms with van der Waals surface area (Å²) >= 11 is 0. The van der Waals surface area contributed by atoms with E-state index in [-0.39, 0.29) is 17.6 Å². The lowest BCUT2D eigenvalue weighted by molar-refractivity contribution is 0.0600. The van der Waals surface area contributed by atoms with Crippen molar-refractivity contribution in [3.8, 4) is 22.8 Å². The van der Waals surface area contributed by atoms with E-state index in [1.165, 1.54) is 31.5 Å². The molecule has 4 rings (SSSR count). The first-order valence-corrected chi connectivity index (χ1v) is 9.36. The Kier molecular flexibility index (Phi) is 5.57. The number of oxazole rings is 1. The summed E-state index contributed by atoms with van der Waals surface area (Å²) in [6.07, 6.45) is 1.52. The number of ether oxygens (including phenoxy) is 1. The number of aromatic nitrogens is 1. The molecule has 0 atom stereocenters. The van der Waals surface area contributed by atoms with Gasteiger partial charge in [0.05, 0.1) is 24.4 Å². The van der Waals surface area contributed by atoms with Gasteiger partial charge in [-0.05, 0) is 54.6 Å². The zero-order valence-corrected chi connectivity index (χ0v) is 16.5. The highest BCUT2D eigenvalue weighted by molar-refractivity contribution is 6.08. The number of halogens is 1. The number of carbonyl (C=O) groups excluding carboxylic acids is 2. The summed E-state index contributed by atoms with van der Waals surface area (Å²) in [6.45, 7) is 0. The number of anilines is 1. The smallest absolute Gasteiger partial charge is 0.337 e. The maximum atomic E-state index is 13.2. The highest BCUT2D eigenvalue weighted by atomic mass is 19.1. The molecule has 0 aliphatic heterocycles. The molecule has 1 heterocycles. The lowest BCUT2D eigenvalue weighted by Gasteiger charge is -2.09. The van der Waals surface area contributed by atoms with E-state index in [0.29, 0.717) is 33.7 Å². The summed E-state index contributed by atoms with van der Waals surface area (Å²) in [6, 6.07) is 19.2. The fraction of sp³-hybridized carbons (Fsp3) is 0.0417. The second-order valence-electron chi connectivity index (χ2n) is 6.61. The predicted molar refractivity (Wildman–Crippen MR) is 113 cm³/mol. The third-order valence-electron chi connectivity index (χ3n) is 4.58. The first-order valence-electron chi connectivity index (χ1n) is 9.36. The monoisotopic (exact) mass is 416 g/mol. The molecule has 154 valence electrons. The molecule has 0 saturated heterocycles. The molecule has 3 aromatic carbocycles. The van der Waals surface area contributed by atoms with E-state index >= 15 is 0 Å². The largest absolute Gasteiger partial charge is 0.465 e. The molecular formula is C24H17FN2O4. The number of methoxy groups -OCH3 is 1. The molecular weight excluding hydrogens is 399 g/mol. The molecule has 0 unspecified atom stereocenters. The van der Waals surface area contributed by atoms with Crippen LogP contribution < -0.4 is 5.32 Å². The van der Waals surface area contributed by atoms with Gasteiger partial charge in [0.15, 0.2) is 5.76 Å². The van der Waals surface area contributed by atoms with Crippen molar-refractivity contribution in [2.24, 2.45) is 0 Å². The van der Waals surface area contributed by atoms with Gasteiger partial charge in [-0.3, -0.25) is 4.79 Å². The van der Waals surface area contributed by atoms with Gasteiger partial charge in [-0.2, -0.15) is 0 Å². The maximum Gasteiger partial charge on any atom is 0.337 e. The lowest BCUT2D eigenvalue weighted by atomic mass is 10.1. The summed E-state index contributed by atoms with van der Waals surface area (Å²) in [7, 11) is 1.29. The summed E-state index contributed by atoms with van der Waals surface area (Å²) in [5, 5.41) is 2.77. The number of nitrogens with zero attached hydrogens (tertiary/aromatic N) is 1. The van der Waals surface area contributed by atoms with Gasteiger partial charge in [-0.15, -0.1) is 0 Å². The molecule has 0 spiro atoms. The van der Waals surface area contributed by atoms with Crippen LogP contribution in [0.25, 0.3) is 22.8 Å². The van der Waals surface area contributed by atoms with E-state index in [9.17, 15) is 14.0 Å². The number of esters is 1. The van der Waals surface area contributed by atoms with Crippen LogP contribution in [0.5, 0.6) is 0 Å². The number of rotatable bonds is 5. The van der Waals surface area contributed by atoms with Gasteiger partial charge in [0, 0.05) is 16.8 Å². The van der Waals surface area contributed by atoms with Crippen molar-refractivity contribution in [1.82, 2.24) is 4.98 Å².